The summed E-state index contributed by atoms with van der Waals surface area (Å²) in [5.41, 5.74) is 5.60. The number of rotatable bonds is 8. The van der Waals surface area contributed by atoms with E-state index < -0.39 is 24.6 Å². The van der Waals surface area contributed by atoms with E-state index in [9.17, 15) is 17.6 Å². The monoisotopic (exact) mass is 736 g/mol. The van der Waals surface area contributed by atoms with Crippen molar-refractivity contribution in [2.75, 3.05) is 10.6 Å². The number of aromatic nitrogens is 12. The number of hydrogen-bond acceptors (Lipinski definition) is 14. The number of fused-ring (bicyclic) bond motifs is 2. The van der Waals surface area contributed by atoms with Crippen LogP contribution in [0.5, 0.6) is 0 Å². The third-order valence-electron chi connectivity index (χ3n) is 6.46. The summed E-state index contributed by atoms with van der Waals surface area (Å²) >= 11 is 3.44. The molecule has 246 valence electrons. The molecule has 0 aliphatic rings. The van der Waals surface area contributed by atoms with Gasteiger partial charge in [0.05, 0.1) is 40.3 Å². The van der Waals surface area contributed by atoms with Gasteiger partial charge in [-0.2, -0.15) is 17.6 Å². The maximum atomic E-state index is 12.5. The van der Waals surface area contributed by atoms with Crippen LogP contribution in [-0.2, 0) is 0 Å². The fourth-order valence-electron chi connectivity index (χ4n) is 4.24. The lowest BCUT2D eigenvalue weighted by Crippen LogP contribution is -1.97. The Hall–Kier alpha value is -6.38. The maximum Gasteiger partial charge on any atom is 0.314 e. The van der Waals surface area contributed by atoms with E-state index in [0.29, 0.717) is 23.0 Å². The van der Waals surface area contributed by atoms with Crippen LogP contribution in [0.3, 0.4) is 0 Å². The highest BCUT2D eigenvalue weighted by Crippen LogP contribution is 2.28. The van der Waals surface area contributed by atoms with Crippen molar-refractivity contribution in [2.24, 2.45) is 0 Å². The van der Waals surface area contributed by atoms with Gasteiger partial charge >= 0.3 is 12.9 Å². The summed E-state index contributed by atoms with van der Waals surface area (Å²) in [5.74, 6) is -0.941. The topological polar surface area (TPSA) is 211 Å². The first-order valence-corrected chi connectivity index (χ1v) is 14.6. The number of aromatic amines is 2. The van der Waals surface area contributed by atoms with Crippen molar-refractivity contribution in [3.05, 3.63) is 84.0 Å². The van der Waals surface area contributed by atoms with E-state index in [0.717, 1.165) is 37.9 Å². The zero-order valence-electron chi connectivity index (χ0n) is 24.2. The molecule has 8 rings (SSSR count). The summed E-state index contributed by atoms with van der Waals surface area (Å²) in [4.78, 5) is 30.8. The van der Waals surface area contributed by atoms with Crippen LogP contribution in [0.15, 0.2) is 81.1 Å². The fourth-order valence-corrected chi connectivity index (χ4v) is 4.80. The highest BCUT2D eigenvalue weighted by atomic mass is 79.9. The second-order valence-corrected chi connectivity index (χ2v) is 10.6. The lowest BCUT2D eigenvalue weighted by Gasteiger charge is -2.06. The number of halogens is 5. The van der Waals surface area contributed by atoms with Crippen LogP contribution in [0.1, 0.15) is 24.6 Å². The van der Waals surface area contributed by atoms with Crippen LogP contribution in [0.2, 0.25) is 0 Å². The van der Waals surface area contributed by atoms with Crippen molar-refractivity contribution in [3.8, 4) is 22.9 Å². The van der Waals surface area contributed by atoms with Gasteiger partial charge in [0.25, 0.3) is 23.6 Å². The molecule has 8 aromatic rings. The summed E-state index contributed by atoms with van der Waals surface area (Å²) in [6.07, 6.45) is 3.20. The van der Waals surface area contributed by atoms with Gasteiger partial charge in [0.1, 0.15) is 5.52 Å². The summed E-state index contributed by atoms with van der Waals surface area (Å²) in [6.45, 7) is 0. The van der Waals surface area contributed by atoms with Gasteiger partial charge in [0.2, 0.25) is 11.9 Å². The van der Waals surface area contributed by atoms with Gasteiger partial charge in [-0.1, -0.05) is 0 Å². The average Bonchev–Trinajstić information content (AvgIpc) is 3.93. The molecule has 6 aromatic heterocycles. The van der Waals surface area contributed by atoms with Crippen molar-refractivity contribution in [3.63, 3.8) is 0 Å². The predicted molar refractivity (Wildman–Crippen MR) is 167 cm³/mol. The number of hydrogen-bond donors (Lipinski definition) is 4. The number of alkyl halides is 4. The van der Waals surface area contributed by atoms with E-state index in [-0.39, 0.29) is 11.8 Å². The molecule has 0 bridgehead atoms. The van der Waals surface area contributed by atoms with Crippen LogP contribution in [0.4, 0.5) is 40.8 Å². The van der Waals surface area contributed by atoms with Crippen molar-refractivity contribution in [1.29, 1.82) is 0 Å². The van der Waals surface area contributed by atoms with E-state index in [1.54, 1.807) is 12.7 Å². The normalized spacial score (nSPS) is 11.3. The summed E-state index contributed by atoms with van der Waals surface area (Å²) in [6, 6.07) is 9.26. The first-order valence-electron chi connectivity index (χ1n) is 13.8. The van der Waals surface area contributed by atoms with Gasteiger partial charge in [0.15, 0.2) is 0 Å². The quantitative estimate of drug-likeness (QED) is 0.117. The number of imidazole rings is 2. The molecule has 0 fully saturated rings. The third kappa shape index (κ3) is 7.00. The zero-order chi connectivity index (χ0) is 33.9. The minimum atomic E-state index is -2.82. The zero-order valence-corrected chi connectivity index (χ0v) is 25.8. The maximum absolute atomic E-state index is 12.5. The lowest BCUT2D eigenvalue weighted by atomic mass is 10.3. The van der Waals surface area contributed by atoms with Gasteiger partial charge in [-0.3, -0.25) is 0 Å². The molecule has 0 aliphatic carbocycles. The molecule has 16 nitrogen and oxygen atoms in total. The van der Waals surface area contributed by atoms with Crippen LogP contribution in [-0.4, -0.2) is 60.3 Å². The predicted octanol–water partition coefficient (Wildman–Crippen LogP) is 6.93. The van der Waals surface area contributed by atoms with Crippen LogP contribution in [0.25, 0.3) is 45.0 Å². The highest BCUT2D eigenvalue weighted by Gasteiger charge is 2.18. The highest BCUT2D eigenvalue weighted by molar-refractivity contribution is 9.10. The summed E-state index contributed by atoms with van der Waals surface area (Å²) in [5, 5.41) is 19.7. The Kier molecular flexibility index (Phi) is 8.53. The van der Waals surface area contributed by atoms with Crippen LogP contribution in [0, 0.1) is 0 Å². The molecule has 0 amide bonds. The molecule has 0 radical (unpaired) electrons. The van der Waals surface area contributed by atoms with Gasteiger partial charge in [-0.15, -0.1) is 20.4 Å². The van der Waals surface area contributed by atoms with E-state index in [1.807, 2.05) is 30.3 Å². The average molecular weight is 737 g/mol. The summed E-state index contributed by atoms with van der Waals surface area (Å²) < 4.78 is 60.4. The van der Waals surface area contributed by atoms with E-state index >= 15 is 0 Å². The molecule has 0 saturated carbocycles. The second-order valence-electron chi connectivity index (χ2n) is 9.72. The van der Waals surface area contributed by atoms with Crippen LogP contribution >= 0.6 is 15.9 Å². The SMILES string of the molecule is FC(F)c1nnc(-c2cnc(Nc3cc(Br)c4nc[nH]c4c3)nc2)o1.FC(F)c1nnc(-c2cnc(Nc3ccc4nc[nH]c4c3)nc2)o1. The number of anilines is 4. The molecule has 0 saturated heterocycles. The van der Waals surface area contributed by atoms with Gasteiger partial charge in [-0.05, 0) is 46.3 Å². The van der Waals surface area contributed by atoms with Crippen molar-refractivity contribution >= 4 is 61.3 Å². The van der Waals surface area contributed by atoms with Gasteiger partial charge in [0, 0.05) is 40.6 Å². The Morgan fingerprint density at radius 3 is 1.71 bits per heavy atom. The number of H-pyrrole nitrogens is 2. The number of nitrogens with one attached hydrogen (secondary N) is 4. The Balaban J connectivity index is 0.000000154. The molecule has 49 heavy (non-hydrogen) atoms. The Morgan fingerprint density at radius 2 is 1.14 bits per heavy atom. The first-order chi connectivity index (χ1) is 23.8. The third-order valence-corrected chi connectivity index (χ3v) is 7.07. The largest absolute Gasteiger partial charge is 0.415 e. The standard InChI is InChI=1S/C14H8BrF2N7O.C14H9F2N7O/c15-8-1-7(2-9-10(8)21-5-20-9)22-14-18-3-6(4-19-14)12-23-24-13(25-12)11(16)17;15-11(16)13-23-22-12(24-13)7-4-17-14(18-5-7)21-8-1-2-9-10(3-8)20-6-19-9/h1-5,11H,(H,20,21)(H,18,19,22);1-6,11H,(H,19,20)(H,17,18,21). The Bertz CT molecular complexity index is 2340. The van der Waals surface area contributed by atoms with E-state index in [4.69, 9.17) is 8.83 Å². The Labute approximate surface area is 278 Å². The molecule has 6 heterocycles. The smallest absolute Gasteiger partial charge is 0.314 e. The van der Waals surface area contributed by atoms with E-state index in [2.05, 4.69) is 86.8 Å². The molecule has 0 unspecified atom stereocenters. The Morgan fingerprint density at radius 1 is 0.612 bits per heavy atom. The van der Waals surface area contributed by atoms with Gasteiger partial charge < -0.3 is 29.4 Å². The molecule has 0 aliphatic heterocycles. The fraction of sp³-hybridized carbons (Fsp3) is 0.0714. The molecular weight excluding hydrogens is 720 g/mol. The van der Waals surface area contributed by atoms with Crippen molar-refractivity contribution in [2.45, 2.75) is 12.9 Å². The number of nitrogens with zero attached hydrogens (tertiary/aromatic N) is 10. The second kappa shape index (κ2) is 13.4. The molecule has 2 aromatic carbocycles. The summed E-state index contributed by atoms with van der Waals surface area (Å²) in [7, 11) is 0. The molecule has 0 spiro atoms. The molecule has 0 atom stereocenters. The molecular formula is C28H17BrF4N14O2. The van der Waals surface area contributed by atoms with Crippen molar-refractivity contribution in [1.82, 2.24) is 60.3 Å². The molecule has 4 N–H and O–H groups in total. The molecule has 21 heteroatoms. The minimum absolute atomic E-state index is 0.0595. The van der Waals surface area contributed by atoms with Gasteiger partial charge in [-0.25, -0.2) is 29.9 Å². The van der Waals surface area contributed by atoms with Crippen LogP contribution < -0.4 is 10.6 Å². The lowest BCUT2D eigenvalue weighted by molar-refractivity contribution is 0.115. The van der Waals surface area contributed by atoms with Crippen molar-refractivity contribution < 1.29 is 26.4 Å². The first kappa shape index (κ1) is 31.2. The minimum Gasteiger partial charge on any atom is -0.415 e. The van der Waals surface area contributed by atoms with E-state index in [1.165, 1.54) is 24.8 Å². The number of benzene rings is 2.